The van der Waals surface area contributed by atoms with Gasteiger partial charge in [-0.3, -0.25) is 4.90 Å². The van der Waals surface area contributed by atoms with Gasteiger partial charge in [0.25, 0.3) is 0 Å². The molecule has 5 nitrogen and oxygen atoms in total. The van der Waals surface area contributed by atoms with Gasteiger partial charge in [0, 0.05) is 13.1 Å². The monoisotopic (exact) mass is 265 g/mol. The van der Waals surface area contributed by atoms with Gasteiger partial charge in [0.15, 0.2) is 0 Å². The Hall–Kier alpha value is -0.940. The van der Waals surface area contributed by atoms with E-state index in [0.29, 0.717) is 0 Å². The predicted octanol–water partition coefficient (Wildman–Crippen LogP) is 1.51. The summed E-state index contributed by atoms with van der Waals surface area (Å²) < 4.78 is 2.00. The van der Waals surface area contributed by atoms with Crippen molar-refractivity contribution in [2.45, 2.75) is 46.2 Å². The molecule has 0 aliphatic carbocycles. The van der Waals surface area contributed by atoms with Crippen LogP contribution in [0.5, 0.6) is 0 Å². The minimum Gasteiger partial charge on any atom is -0.316 e. The topological polar surface area (TPSA) is 46.0 Å². The van der Waals surface area contributed by atoms with Crippen molar-refractivity contribution in [1.29, 1.82) is 0 Å². The van der Waals surface area contributed by atoms with Gasteiger partial charge in [0.2, 0.25) is 0 Å². The zero-order chi connectivity index (χ0) is 13.5. The van der Waals surface area contributed by atoms with Crippen molar-refractivity contribution in [3.05, 3.63) is 12.2 Å². The van der Waals surface area contributed by atoms with Gasteiger partial charge in [0.05, 0.1) is 6.54 Å². The molecule has 1 aromatic rings. The fourth-order valence-electron chi connectivity index (χ4n) is 2.82. The highest BCUT2D eigenvalue weighted by Gasteiger charge is 2.20. The summed E-state index contributed by atoms with van der Waals surface area (Å²) in [5.41, 5.74) is 0. The minimum absolute atomic E-state index is 0.790. The van der Waals surface area contributed by atoms with Gasteiger partial charge >= 0.3 is 0 Å². The molecule has 108 valence electrons. The second-order valence-corrected chi connectivity index (χ2v) is 5.44. The second kappa shape index (κ2) is 7.60. The Kier molecular flexibility index (Phi) is 5.79. The number of nitrogens with zero attached hydrogens (tertiary/aromatic N) is 4. The van der Waals surface area contributed by atoms with Gasteiger partial charge in [0.1, 0.15) is 12.2 Å². The molecule has 2 heterocycles. The molecule has 1 aliphatic rings. The molecule has 0 saturated carbocycles. The van der Waals surface area contributed by atoms with Gasteiger partial charge in [-0.15, -0.1) is 0 Å². The third kappa shape index (κ3) is 4.28. The predicted molar refractivity (Wildman–Crippen MR) is 76.9 cm³/mol. The van der Waals surface area contributed by atoms with Crippen LogP contribution in [0.1, 0.15) is 38.9 Å². The number of nitrogens with one attached hydrogen (secondary N) is 1. The number of aromatic nitrogens is 3. The molecule has 0 aromatic carbocycles. The van der Waals surface area contributed by atoms with Gasteiger partial charge in [-0.05, 0) is 51.7 Å². The molecule has 1 aromatic heterocycles. The van der Waals surface area contributed by atoms with E-state index in [2.05, 4.69) is 34.1 Å². The highest BCUT2D eigenvalue weighted by Crippen LogP contribution is 2.17. The first-order valence-electron chi connectivity index (χ1n) is 7.63. The molecule has 2 rings (SSSR count). The zero-order valence-electron chi connectivity index (χ0n) is 12.3. The lowest BCUT2D eigenvalue weighted by Gasteiger charge is -2.32. The summed E-state index contributed by atoms with van der Waals surface area (Å²) in [5.74, 6) is 1.89. The van der Waals surface area contributed by atoms with Crippen LogP contribution >= 0.6 is 0 Å². The van der Waals surface area contributed by atoms with E-state index >= 15 is 0 Å². The number of aryl methyl sites for hydroxylation is 1. The van der Waals surface area contributed by atoms with Crippen LogP contribution in [0.4, 0.5) is 0 Å². The zero-order valence-corrected chi connectivity index (χ0v) is 12.3. The molecular weight excluding hydrogens is 238 g/mol. The number of piperidine rings is 1. The molecule has 0 spiro atoms. The largest absolute Gasteiger partial charge is 0.316 e. The molecule has 1 fully saturated rings. The fourth-order valence-corrected chi connectivity index (χ4v) is 2.82. The van der Waals surface area contributed by atoms with Crippen LogP contribution in [0.25, 0.3) is 0 Å². The third-order valence-electron chi connectivity index (χ3n) is 3.82. The highest BCUT2D eigenvalue weighted by atomic mass is 15.3. The van der Waals surface area contributed by atoms with E-state index in [1.807, 2.05) is 4.68 Å². The average molecular weight is 265 g/mol. The molecule has 1 atom stereocenters. The van der Waals surface area contributed by atoms with Crippen LogP contribution in [0, 0.1) is 5.92 Å². The van der Waals surface area contributed by atoms with Crippen molar-refractivity contribution in [3.63, 3.8) is 0 Å². The number of rotatable bonds is 7. The van der Waals surface area contributed by atoms with Crippen molar-refractivity contribution in [2.75, 3.05) is 26.2 Å². The van der Waals surface area contributed by atoms with Crippen LogP contribution < -0.4 is 5.32 Å². The molecule has 5 heteroatoms. The Bertz CT molecular complexity index is 362. The number of hydrogen-bond acceptors (Lipinski definition) is 4. The molecule has 1 N–H and O–H groups in total. The molecule has 0 bridgehead atoms. The van der Waals surface area contributed by atoms with Crippen LogP contribution in [0.3, 0.4) is 0 Å². The van der Waals surface area contributed by atoms with Crippen molar-refractivity contribution < 1.29 is 0 Å². The van der Waals surface area contributed by atoms with Crippen molar-refractivity contribution in [2.24, 2.45) is 5.92 Å². The summed E-state index contributed by atoms with van der Waals surface area (Å²) in [4.78, 5) is 6.90. The maximum atomic E-state index is 4.38. The Labute approximate surface area is 116 Å². The first kappa shape index (κ1) is 14.5. The molecular formula is C14H27N5. The van der Waals surface area contributed by atoms with Gasteiger partial charge < -0.3 is 5.32 Å². The molecule has 0 radical (unpaired) electrons. The number of likely N-dealkylation sites (tertiary alicyclic amines) is 1. The van der Waals surface area contributed by atoms with Gasteiger partial charge in [-0.1, -0.05) is 6.92 Å². The van der Waals surface area contributed by atoms with Crippen molar-refractivity contribution in [3.8, 4) is 0 Å². The molecule has 0 amide bonds. The van der Waals surface area contributed by atoms with Crippen LogP contribution in [-0.2, 0) is 13.1 Å². The molecule has 19 heavy (non-hydrogen) atoms. The first-order valence-corrected chi connectivity index (χ1v) is 7.63. The fraction of sp³-hybridized carbons (Fsp3) is 0.857. The van der Waals surface area contributed by atoms with Crippen LogP contribution in [0.2, 0.25) is 0 Å². The van der Waals surface area contributed by atoms with E-state index in [9.17, 15) is 0 Å². The van der Waals surface area contributed by atoms with Gasteiger partial charge in [-0.25, -0.2) is 9.67 Å². The van der Waals surface area contributed by atoms with E-state index in [1.165, 1.54) is 32.4 Å². The standard InChI is InChI=1S/C14H27N5/c1-3-7-15-9-13-6-5-8-18(10-13)11-14-16-12-17-19(14)4-2/h12-13,15H,3-11H2,1-2H3. The smallest absolute Gasteiger partial charge is 0.140 e. The lowest BCUT2D eigenvalue weighted by atomic mass is 9.98. The summed E-state index contributed by atoms with van der Waals surface area (Å²) in [5, 5.41) is 7.79. The lowest BCUT2D eigenvalue weighted by molar-refractivity contribution is 0.160. The van der Waals surface area contributed by atoms with E-state index in [0.717, 1.165) is 37.9 Å². The Morgan fingerprint density at radius 3 is 3.11 bits per heavy atom. The molecule has 1 saturated heterocycles. The summed E-state index contributed by atoms with van der Waals surface area (Å²) in [6, 6.07) is 0. The van der Waals surface area contributed by atoms with Crippen LogP contribution in [0.15, 0.2) is 6.33 Å². The van der Waals surface area contributed by atoms with Gasteiger partial charge in [-0.2, -0.15) is 5.10 Å². The summed E-state index contributed by atoms with van der Waals surface area (Å²) in [6.45, 7) is 10.9. The Balaban J connectivity index is 1.80. The lowest BCUT2D eigenvalue weighted by Crippen LogP contribution is -2.39. The summed E-state index contributed by atoms with van der Waals surface area (Å²) in [6.07, 6.45) is 5.55. The number of hydrogen-bond donors (Lipinski definition) is 1. The molecule has 1 unspecified atom stereocenters. The highest BCUT2D eigenvalue weighted by molar-refractivity contribution is 4.86. The average Bonchev–Trinajstić information content (AvgIpc) is 2.87. The maximum Gasteiger partial charge on any atom is 0.140 e. The first-order chi connectivity index (χ1) is 9.33. The third-order valence-corrected chi connectivity index (χ3v) is 3.82. The quantitative estimate of drug-likeness (QED) is 0.759. The SMILES string of the molecule is CCCNCC1CCCN(Cc2ncnn2CC)C1. The van der Waals surface area contributed by atoms with Crippen molar-refractivity contribution in [1.82, 2.24) is 25.0 Å². The molecule has 1 aliphatic heterocycles. The van der Waals surface area contributed by atoms with E-state index in [4.69, 9.17) is 0 Å². The van der Waals surface area contributed by atoms with E-state index < -0.39 is 0 Å². The van der Waals surface area contributed by atoms with E-state index in [-0.39, 0.29) is 0 Å². The Morgan fingerprint density at radius 2 is 2.32 bits per heavy atom. The second-order valence-electron chi connectivity index (χ2n) is 5.44. The summed E-state index contributed by atoms with van der Waals surface area (Å²) >= 11 is 0. The summed E-state index contributed by atoms with van der Waals surface area (Å²) in [7, 11) is 0. The normalized spacial score (nSPS) is 20.8. The minimum atomic E-state index is 0.790. The van der Waals surface area contributed by atoms with E-state index in [1.54, 1.807) is 6.33 Å². The van der Waals surface area contributed by atoms with Crippen LogP contribution in [-0.4, -0.2) is 45.8 Å². The maximum absolute atomic E-state index is 4.38. The van der Waals surface area contributed by atoms with Crippen molar-refractivity contribution >= 4 is 0 Å². The Morgan fingerprint density at radius 1 is 1.42 bits per heavy atom.